The molecule has 1 fully saturated rings. The van der Waals surface area contributed by atoms with E-state index in [-0.39, 0.29) is 12.2 Å². The van der Waals surface area contributed by atoms with Crippen LogP contribution in [0.25, 0.3) is 0 Å². The molecule has 116 valence electrons. The van der Waals surface area contributed by atoms with Gasteiger partial charge in [-0.3, -0.25) is 4.90 Å². The molecule has 1 aliphatic heterocycles. The number of nitrogens with zero attached hydrogens (tertiary/aromatic N) is 1. The molecule has 6 nitrogen and oxygen atoms in total. The van der Waals surface area contributed by atoms with Crippen LogP contribution >= 0.6 is 0 Å². The van der Waals surface area contributed by atoms with Crippen molar-refractivity contribution in [3.63, 3.8) is 0 Å². The summed E-state index contributed by atoms with van der Waals surface area (Å²) < 4.78 is 16.0. The molecule has 21 heavy (non-hydrogen) atoms. The topological polar surface area (TPSA) is 71.4 Å². The van der Waals surface area contributed by atoms with Crippen LogP contribution in [0.15, 0.2) is 18.2 Å². The minimum Gasteiger partial charge on any atom is -0.497 e. The van der Waals surface area contributed by atoms with Crippen molar-refractivity contribution in [3.05, 3.63) is 23.8 Å². The highest BCUT2D eigenvalue weighted by Crippen LogP contribution is 2.19. The lowest BCUT2D eigenvalue weighted by Gasteiger charge is -2.17. The molecule has 0 radical (unpaired) electrons. The summed E-state index contributed by atoms with van der Waals surface area (Å²) in [6.45, 7) is 2.28. The Kier molecular flexibility index (Phi) is 5.61. The molecule has 1 aliphatic rings. The molecule has 7 heteroatoms. The van der Waals surface area contributed by atoms with E-state index in [1.54, 1.807) is 26.4 Å². The Morgan fingerprint density at radius 2 is 1.76 bits per heavy atom. The Morgan fingerprint density at radius 3 is 2.24 bits per heavy atom. The van der Waals surface area contributed by atoms with Gasteiger partial charge < -0.3 is 24.3 Å². The van der Waals surface area contributed by atoms with Crippen LogP contribution in [0.1, 0.15) is 5.56 Å². The maximum Gasteiger partial charge on any atom is 0.492 e. The number of benzene rings is 1. The molecule has 2 N–H and O–H groups in total. The molecule has 0 amide bonds. The van der Waals surface area contributed by atoms with Gasteiger partial charge in [-0.15, -0.1) is 0 Å². The molecule has 1 aromatic carbocycles. The third-order valence-corrected chi connectivity index (χ3v) is 3.87. The van der Waals surface area contributed by atoms with Crippen LogP contribution in [0.2, 0.25) is 0 Å². The van der Waals surface area contributed by atoms with E-state index < -0.39 is 7.12 Å². The molecule has 1 aromatic rings. The SMILES string of the molecule is COc1ccc(CN2CC(OC)C(OC)C2)cc1B(O)O. The Bertz CT molecular complexity index is 459. The van der Waals surface area contributed by atoms with Crippen molar-refractivity contribution in [1.82, 2.24) is 4.90 Å². The molecule has 1 heterocycles. The Balaban J connectivity index is 2.08. The van der Waals surface area contributed by atoms with Crippen molar-refractivity contribution in [2.45, 2.75) is 18.8 Å². The summed E-state index contributed by atoms with van der Waals surface area (Å²) >= 11 is 0. The molecular weight excluding hydrogens is 273 g/mol. The van der Waals surface area contributed by atoms with E-state index in [9.17, 15) is 10.0 Å². The van der Waals surface area contributed by atoms with Crippen molar-refractivity contribution in [2.24, 2.45) is 0 Å². The minimum atomic E-state index is -1.54. The quantitative estimate of drug-likeness (QED) is 0.671. The molecular formula is C14H22BNO5. The second-order valence-electron chi connectivity index (χ2n) is 5.19. The zero-order chi connectivity index (χ0) is 15.4. The van der Waals surface area contributed by atoms with Crippen LogP contribution in [-0.4, -0.2) is 68.7 Å². The van der Waals surface area contributed by atoms with Crippen molar-refractivity contribution < 1.29 is 24.3 Å². The monoisotopic (exact) mass is 295 g/mol. The van der Waals surface area contributed by atoms with E-state index in [2.05, 4.69) is 4.90 Å². The molecule has 0 bridgehead atoms. The number of likely N-dealkylation sites (tertiary alicyclic amines) is 1. The number of hydrogen-bond acceptors (Lipinski definition) is 6. The predicted octanol–water partition coefficient (Wildman–Crippen LogP) is -0.779. The van der Waals surface area contributed by atoms with Gasteiger partial charge in [0.1, 0.15) is 5.75 Å². The zero-order valence-corrected chi connectivity index (χ0v) is 12.7. The molecule has 0 spiro atoms. The van der Waals surface area contributed by atoms with Crippen molar-refractivity contribution in [3.8, 4) is 5.75 Å². The minimum absolute atomic E-state index is 0.0659. The number of rotatable bonds is 6. The van der Waals surface area contributed by atoms with Crippen molar-refractivity contribution in [1.29, 1.82) is 0 Å². The maximum absolute atomic E-state index is 9.40. The lowest BCUT2D eigenvalue weighted by Crippen LogP contribution is -2.32. The van der Waals surface area contributed by atoms with Crippen LogP contribution in [0, 0.1) is 0 Å². The second kappa shape index (κ2) is 7.24. The van der Waals surface area contributed by atoms with Crippen LogP contribution in [0.4, 0.5) is 0 Å². The largest absolute Gasteiger partial charge is 0.497 e. The fraction of sp³-hybridized carbons (Fsp3) is 0.571. The third kappa shape index (κ3) is 3.75. The van der Waals surface area contributed by atoms with Gasteiger partial charge in [-0.05, 0) is 11.6 Å². The van der Waals surface area contributed by atoms with Crippen molar-refractivity contribution in [2.75, 3.05) is 34.4 Å². The number of hydrogen-bond donors (Lipinski definition) is 2. The lowest BCUT2D eigenvalue weighted by atomic mass is 9.78. The van der Waals surface area contributed by atoms with Gasteiger partial charge in [-0.25, -0.2) is 0 Å². The van der Waals surface area contributed by atoms with Gasteiger partial charge in [0, 0.05) is 39.3 Å². The summed E-state index contributed by atoms with van der Waals surface area (Å²) in [6.07, 6.45) is 0.132. The summed E-state index contributed by atoms with van der Waals surface area (Å²) in [5, 5.41) is 18.8. The van der Waals surface area contributed by atoms with Gasteiger partial charge in [0.15, 0.2) is 0 Å². The summed E-state index contributed by atoms with van der Waals surface area (Å²) in [5.74, 6) is 0.472. The normalized spacial score (nSPS) is 22.5. The Hall–Kier alpha value is -1.12. The van der Waals surface area contributed by atoms with Gasteiger partial charge in [-0.2, -0.15) is 0 Å². The Labute approximate surface area is 125 Å². The van der Waals surface area contributed by atoms with Crippen LogP contribution in [0.5, 0.6) is 5.75 Å². The first kappa shape index (κ1) is 16.3. The highest BCUT2D eigenvalue weighted by Gasteiger charge is 2.32. The maximum atomic E-state index is 9.40. The van der Waals surface area contributed by atoms with E-state index >= 15 is 0 Å². The molecule has 2 rings (SSSR count). The zero-order valence-electron chi connectivity index (χ0n) is 12.7. The first-order valence-electron chi connectivity index (χ1n) is 6.90. The smallest absolute Gasteiger partial charge is 0.492 e. The summed E-state index contributed by atoms with van der Waals surface area (Å²) in [6, 6.07) is 5.43. The summed E-state index contributed by atoms with van der Waals surface area (Å²) in [5.41, 5.74) is 1.37. The number of ether oxygens (including phenoxy) is 3. The molecule has 1 saturated heterocycles. The highest BCUT2D eigenvalue weighted by atomic mass is 16.5. The van der Waals surface area contributed by atoms with Gasteiger partial charge in [0.25, 0.3) is 0 Å². The van der Waals surface area contributed by atoms with Crippen molar-refractivity contribution >= 4 is 12.6 Å². The van der Waals surface area contributed by atoms with E-state index in [1.807, 2.05) is 6.07 Å². The second-order valence-corrected chi connectivity index (χ2v) is 5.19. The fourth-order valence-corrected chi connectivity index (χ4v) is 2.74. The fourth-order valence-electron chi connectivity index (χ4n) is 2.74. The summed E-state index contributed by atoms with van der Waals surface area (Å²) in [4.78, 5) is 2.22. The van der Waals surface area contributed by atoms with Crippen LogP contribution < -0.4 is 10.2 Å². The number of methoxy groups -OCH3 is 3. The molecule has 0 aliphatic carbocycles. The first-order chi connectivity index (χ1) is 10.1. The molecule has 2 atom stereocenters. The van der Waals surface area contributed by atoms with E-state index in [0.29, 0.717) is 17.8 Å². The van der Waals surface area contributed by atoms with E-state index in [0.717, 1.165) is 18.7 Å². The van der Waals surface area contributed by atoms with E-state index in [1.165, 1.54) is 7.11 Å². The van der Waals surface area contributed by atoms with E-state index in [4.69, 9.17) is 14.2 Å². The Morgan fingerprint density at radius 1 is 1.14 bits per heavy atom. The third-order valence-electron chi connectivity index (χ3n) is 3.87. The van der Waals surface area contributed by atoms with Gasteiger partial charge in [0.05, 0.1) is 19.3 Å². The molecule has 0 aromatic heterocycles. The first-order valence-corrected chi connectivity index (χ1v) is 6.90. The lowest BCUT2D eigenvalue weighted by molar-refractivity contribution is -0.00461. The molecule has 2 unspecified atom stereocenters. The molecule has 0 saturated carbocycles. The standard InChI is InChI=1S/C14H22BNO5/c1-19-12-5-4-10(6-11(12)15(17)18)7-16-8-13(20-2)14(9-16)21-3/h4-6,13-14,17-18H,7-9H2,1-3H3. The van der Waals surface area contributed by atoms with Gasteiger partial charge in [-0.1, -0.05) is 12.1 Å². The van der Waals surface area contributed by atoms with Crippen LogP contribution in [-0.2, 0) is 16.0 Å². The van der Waals surface area contributed by atoms with Gasteiger partial charge in [0.2, 0.25) is 0 Å². The average Bonchev–Trinajstić information content (AvgIpc) is 2.89. The summed E-state index contributed by atoms with van der Waals surface area (Å²) in [7, 11) is 3.34. The van der Waals surface area contributed by atoms with Gasteiger partial charge >= 0.3 is 7.12 Å². The average molecular weight is 295 g/mol. The van der Waals surface area contributed by atoms with Crippen LogP contribution in [0.3, 0.4) is 0 Å². The highest BCUT2D eigenvalue weighted by molar-refractivity contribution is 6.59. The predicted molar refractivity (Wildman–Crippen MR) is 79.7 cm³/mol.